The van der Waals surface area contributed by atoms with Crippen LogP contribution in [0.3, 0.4) is 0 Å². The molecule has 2 unspecified atom stereocenters. The Bertz CT molecular complexity index is 1120. The van der Waals surface area contributed by atoms with Gasteiger partial charge in [0.25, 0.3) is 0 Å². The molecule has 1 saturated carbocycles. The molecule has 35 heavy (non-hydrogen) atoms. The predicted octanol–water partition coefficient (Wildman–Crippen LogP) is 7.12. The lowest BCUT2D eigenvalue weighted by Crippen LogP contribution is -2.45. The van der Waals surface area contributed by atoms with E-state index >= 15 is 0 Å². The van der Waals surface area contributed by atoms with Gasteiger partial charge in [0.1, 0.15) is 11.3 Å². The Morgan fingerprint density at radius 3 is 2.31 bits per heavy atom. The highest BCUT2D eigenvalue weighted by atomic mass is 19.4. The zero-order chi connectivity index (χ0) is 24.9. The number of carboxylic acids is 1. The van der Waals surface area contributed by atoms with E-state index in [0.29, 0.717) is 31.1 Å². The van der Waals surface area contributed by atoms with E-state index in [-0.39, 0.29) is 41.3 Å². The molecule has 3 atom stereocenters. The topological polar surface area (TPSA) is 49.8 Å². The second-order valence-electron chi connectivity index (χ2n) is 10.5. The number of nitrogens with zero attached hydrogens (tertiary/aromatic N) is 1. The quantitative estimate of drug-likeness (QED) is 0.456. The number of rotatable bonds is 5. The van der Waals surface area contributed by atoms with Crippen molar-refractivity contribution in [1.29, 1.82) is 0 Å². The molecule has 188 valence electrons. The Labute approximate surface area is 203 Å². The number of aliphatic carboxylic acids is 1. The summed E-state index contributed by atoms with van der Waals surface area (Å²) < 4.78 is 49.1. The van der Waals surface area contributed by atoms with Gasteiger partial charge in [-0.2, -0.15) is 13.2 Å². The number of fused-ring (bicyclic) bond motifs is 3. The summed E-state index contributed by atoms with van der Waals surface area (Å²) in [5, 5.41) is 10.2. The van der Waals surface area contributed by atoms with E-state index in [0.717, 1.165) is 36.8 Å². The third-order valence-corrected chi connectivity index (χ3v) is 8.29. The van der Waals surface area contributed by atoms with Gasteiger partial charge in [0.15, 0.2) is 0 Å². The van der Waals surface area contributed by atoms with Crippen LogP contribution in [-0.4, -0.2) is 34.2 Å². The lowest BCUT2D eigenvalue weighted by atomic mass is 9.88. The van der Waals surface area contributed by atoms with Crippen LogP contribution in [0.2, 0.25) is 0 Å². The van der Waals surface area contributed by atoms with Gasteiger partial charge in [0.05, 0.1) is 12.0 Å². The Balaban J connectivity index is 1.48. The van der Waals surface area contributed by atoms with Gasteiger partial charge in [-0.3, -0.25) is 9.69 Å². The first-order chi connectivity index (χ1) is 16.6. The number of ether oxygens (including phenoxy) is 1. The average Bonchev–Trinajstić information content (AvgIpc) is 3.07. The standard InChI is InChI=1S/C28H32F3NO3/c1-16-3-10-23(11-4-16)35-25-12-7-18-5-6-19(15-24(18)26(25)28(29,30)31)17(2)32-21-8-9-22(32)14-20(13-21)27(33)34/h5-7,12,15,17,20-23H,1,3-4,8-11,13-14H2,2H3,(H,33,34)/t17-,20?,21?,22?/m0/s1. The molecular weight excluding hydrogens is 455 g/mol. The van der Waals surface area contributed by atoms with E-state index in [2.05, 4.69) is 11.5 Å². The van der Waals surface area contributed by atoms with Crippen LogP contribution in [0.4, 0.5) is 13.2 Å². The zero-order valence-electron chi connectivity index (χ0n) is 20.0. The lowest BCUT2D eigenvalue weighted by molar-refractivity contribution is -0.144. The van der Waals surface area contributed by atoms with Gasteiger partial charge in [-0.1, -0.05) is 30.4 Å². The summed E-state index contributed by atoms with van der Waals surface area (Å²) in [5.41, 5.74) is 1.24. The largest absolute Gasteiger partial charge is 0.490 e. The van der Waals surface area contributed by atoms with Crippen molar-refractivity contribution < 1.29 is 27.8 Å². The number of allylic oxidation sites excluding steroid dienone is 1. The second kappa shape index (κ2) is 9.16. The first kappa shape index (κ1) is 24.2. The van der Waals surface area contributed by atoms with Crippen molar-refractivity contribution >= 4 is 16.7 Å². The Kier molecular flexibility index (Phi) is 6.32. The summed E-state index contributed by atoms with van der Waals surface area (Å²) in [7, 11) is 0. The minimum absolute atomic E-state index is 0.0957. The van der Waals surface area contributed by atoms with Gasteiger partial charge in [-0.25, -0.2) is 0 Å². The highest BCUT2D eigenvalue weighted by Gasteiger charge is 2.45. The Morgan fingerprint density at radius 2 is 1.71 bits per heavy atom. The molecule has 0 aromatic heterocycles. The maximum atomic E-state index is 14.4. The van der Waals surface area contributed by atoms with E-state index in [1.807, 2.05) is 13.0 Å². The van der Waals surface area contributed by atoms with Crippen LogP contribution in [0.15, 0.2) is 42.5 Å². The number of carbonyl (C=O) groups is 1. The van der Waals surface area contributed by atoms with E-state index in [9.17, 15) is 23.1 Å². The molecule has 4 nitrogen and oxygen atoms in total. The fraction of sp³-hybridized carbons (Fsp3) is 0.536. The summed E-state index contributed by atoms with van der Waals surface area (Å²) in [6, 6.07) is 8.70. The molecule has 2 aromatic carbocycles. The van der Waals surface area contributed by atoms with Crippen LogP contribution >= 0.6 is 0 Å². The molecule has 2 aromatic rings. The van der Waals surface area contributed by atoms with Gasteiger partial charge in [0, 0.05) is 18.1 Å². The van der Waals surface area contributed by atoms with Crippen LogP contribution in [0.1, 0.15) is 75.5 Å². The molecule has 2 bridgehead atoms. The first-order valence-electron chi connectivity index (χ1n) is 12.6. The van der Waals surface area contributed by atoms with E-state index in [4.69, 9.17) is 4.74 Å². The lowest BCUT2D eigenvalue weighted by Gasteiger charge is -2.41. The Morgan fingerprint density at radius 1 is 1.09 bits per heavy atom. The Hall–Kier alpha value is -2.54. The van der Waals surface area contributed by atoms with E-state index < -0.39 is 17.7 Å². The molecule has 7 heteroatoms. The third kappa shape index (κ3) is 4.67. The van der Waals surface area contributed by atoms with Crippen LogP contribution in [0.25, 0.3) is 10.8 Å². The van der Waals surface area contributed by atoms with Gasteiger partial charge >= 0.3 is 12.1 Å². The molecule has 1 N–H and O–H groups in total. The monoisotopic (exact) mass is 487 g/mol. The normalized spacial score (nSPS) is 26.7. The van der Waals surface area contributed by atoms with Crippen LogP contribution in [0.5, 0.6) is 5.75 Å². The molecule has 2 aliphatic heterocycles. The van der Waals surface area contributed by atoms with E-state index in [1.54, 1.807) is 18.2 Å². The van der Waals surface area contributed by atoms with Crippen LogP contribution in [0, 0.1) is 5.92 Å². The van der Waals surface area contributed by atoms with Crippen LogP contribution < -0.4 is 4.74 Å². The molecule has 3 fully saturated rings. The van der Waals surface area contributed by atoms with Crippen molar-refractivity contribution in [3.8, 4) is 5.75 Å². The number of piperidine rings is 1. The molecule has 0 spiro atoms. The molecule has 0 radical (unpaired) electrons. The van der Waals surface area contributed by atoms with Gasteiger partial charge in [-0.15, -0.1) is 0 Å². The summed E-state index contributed by atoms with van der Waals surface area (Å²) in [5.74, 6) is -1.18. The minimum atomic E-state index is -4.55. The van der Waals surface area contributed by atoms with Crippen molar-refractivity contribution in [2.75, 3.05) is 0 Å². The predicted molar refractivity (Wildman–Crippen MR) is 128 cm³/mol. The molecule has 2 heterocycles. The summed E-state index contributed by atoms with van der Waals surface area (Å²) in [4.78, 5) is 13.9. The third-order valence-electron chi connectivity index (χ3n) is 8.29. The zero-order valence-corrected chi connectivity index (χ0v) is 20.0. The molecule has 1 aliphatic carbocycles. The minimum Gasteiger partial charge on any atom is -0.490 e. The molecule has 2 saturated heterocycles. The fourth-order valence-electron chi connectivity index (χ4n) is 6.48. The van der Waals surface area contributed by atoms with Crippen molar-refractivity contribution in [2.45, 2.75) is 88.7 Å². The fourth-order valence-corrected chi connectivity index (χ4v) is 6.48. The maximum absolute atomic E-state index is 14.4. The van der Waals surface area contributed by atoms with Gasteiger partial charge in [0.2, 0.25) is 0 Å². The molecule has 5 rings (SSSR count). The second-order valence-corrected chi connectivity index (χ2v) is 10.5. The van der Waals surface area contributed by atoms with Crippen molar-refractivity contribution in [3.63, 3.8) is 0 Å². The van der Waals surface area contributed by atoms with Crippen molar-refractivity contribution in [3.05, 3.63) is 53.6 Å². The highest BCUT2D eigenvalue weighted by Crippen LogP contribution is 2.46. The number of halogens is 3. The molecule has 3 aliphatic rings. The maximum Gasteiger partial charge on any atom is 0.420 e. The van der Waals surface area contributed by atoms with Crippen molar-refractivity contribution in [1.82, 2.24) is 4.90 Å². The van der Waals surface area contributed by atoms with Gasteiger partial charge < -0.3 is 9.84 Å². The number of hydrogen-bond acceptors (Lipinski definition) is 3. The highest BCUT2D eigenvalue weighted by molar-refractivity contribution is 5.89. The van der Waals surface area contributed by atoms with Crippen LogP contribution in [-0.2, 0) is 11.0 Å². The SMILES string of the molecule is C=C1CCC(Oc2ccc3ccc([C@H](C)N4C5CCC4CC(C(=O)O)C5)cc3c2C(F)(F)F)CC1. The van der Waals surface area contributed by atoms with Crippen molar-refractivity contribution in [2.24, 2.45) is 5.92 Å². The molecular formula is C28H32F3NO3. The first-order valence-corrected chi connectivity index (χ1v) is 12.6. The summed E-state index contributed by atoms with van der Waals surface area (Å²) in [6.45, 7) is 6.00. The smallest absolute Gasteiger partial charge is 0.420 e. The van der Waals surface area contributed by atoms with E-state index in [1.165, 1.54) is 6.07 Å². The number of hydrogen-bond donors (Lipinski definition) is 1. The summed E-state index contributed by atoms with van der Waals surface area (Å²) in [6.07, 6.45) is 1.20. The summed E-state index contributed by atoms with van der Waals surface area (Å²) >= 11 is 0. The number of benzene rings is 2. The number of carboxylic acid groups (broad SMARTS) is 1. The van der Waals surface area contributed by atoms with Gasteiger partial charge in [-0.05, 0) is 86.8 Å². The number of alkyl halides is 3. The average molecular weight is 488 g/mol. The molecule has 0 amide bonds.